The molecule has 0 aliphatic heterocycles. The maximum absolute atomic E-state index is 13.0. The van der Waals surface area contributed by atoms with Crippen LogP contribution in [0.1, 0.15) is 290 Å². The van der Waals surface area contributed by atoms with E-state index in [0.717, 1.165) is 180 Å². The molecule has 0 spiro atoms. The normalized spacial score (nSPS) is 14.9. The van der Waals surface area contributed by atoms with Gasteiger partial charge in [0.2, 0.25) is 0 Å². The fourth-order valence-corrected chi connectivity index (χ4v) is 11.4. The van der Waals surface area contributed by atoms with Crippen molar-refractivity contribution in [3.05, 3.63) is 146 Å². The summed E-state index contributed by atoms with van der Waals surface area (Å²) >= 11 is 0. The summed E-state index contributed by atoms with van der Waals surface area (Å²) in [5, 5.41) is 20.6. The van der Waals surface area contributed by atoms with Crippen molar-refractivity contribution >= 4 is 33.6 Å². The highest BCUT2D eigenvalue weighted by Crippen LogP contribution is 2.45. The molecule has 0 aromatic carbocycles. The van der Waals surface area contributed by atoms with Crippen molar-refractivity contribution in [3.8, 4) is 0 Å². The van der Waals surface area contributed by atoms with Gasteiger partial charge >= 0.3 is 33.6 Å². The van der Waals surface area contributed by atoms with Gasteiger partial charge in [-0.05, 0) is 141 Å². The number of phosphoric ester groups is 2. The van der Waals surface area contributed by atoms with E-state index in [-0.39, 0.29) is 19.3 Å². The molecule has 5 atom stereocenters. The van der Waals surface area contributed by atoms with E-state index in [1.807, 2.05) is 0 Å². The quantitative estimate of drug-likeness (QED) is 0.0146. The van der Waals surface area contributed by atoms with E-state index in [0.29, 0.717) is 19.3 Å². The van der Waals surface area contributed by atoms with E-state index in [1.54, 1.807) is 0 Å². The third-order valence-corrected chi connectivity index (χ3v) is 17.4. The van der Waals surface area contributed by atoms with Gasteiger partial charge in [-0.3, -0.25) is 32.5 Å². The fourth-order valence-electron chi connectivity index (χ4n) is 9.77. The van der Waals surface area contributed by atoms with Crippen molar-refractivity contribution in [1.29, 1.82) is 0 Å². The summed E-state index contributed by atoms with van der Waals surface area (Å²) in [4.78, 5) is 58.6. The summed E-state index contributed by atoms with van der Waals surface area (Å²) in [7, 11) is -9.81. The molecule has 0 saturated carbocycles. The molecule has 0 fully saturated rings. The Balaban J connectivity index is 4.66. The Hall–Kier alpha value is -4.57. The van der Waals surface area contributed by atoms with Crippen LogP contribution in [0.3, 0.4) is 0 Å². The predicted molar refractivity (Wildman–Crippen MR) is 408 cm³/mol. The highest BCUT2D eigenvalue weighted by Gasteiger charge is 2.29. The molecule has 0 rings (SSSR count). The maximum Gasteiger partial charge on any atom is 0.472 e. The van der Waals surface area contributed by atoms with Gasteiger partial charge in [-0.1, -0.05) is 276 Å². The topological polar surface area (TPSA) is 231 Å². The molecular formula is C81H136O16P2. The van der Waals surface area contributed by atoms with E-state index >= 15 is 0 Å². The molecule has 566 valence electrons. The third-order valence-electron chi connectivity index (χ3n) is 15.5. The van der Waals surface area contributed by atoms with Gasteiger partial charge in [-0.2, -0.15) is 0 Å². The standard InChI is InChI=1S/C81H136O16P2/c1-4-7-10-13-16-19-22-25-28-31-33-35-36-37-38-40-42-44-46-49-52-55-58-61-64-67-79(84)91-70-76(82)71-93-98(87,88)94-72-77(83)73-95-99(89,90)96-75-78(97-81(86)69-66-63-60-57-54-51-48-43-30-27-24-21-18-15-12-9-6-3)74-92-80(85)68-65-62-59-56-53-50-47-45-41-39-34-32-29-26-23-20-17-14-11-8-5-2/h7,9-10,12,16-21,25-30,33-35,37-39,45,47,76-78,82-83H,4-6,8,11,13-15,22-24,31-32,36,40-44,46,48-75H2,1-3H3,(H,87,88)(H,89,90)/b10-7-,12-9-,19-16-,20-17-,21-18-,28-25-,29-26-,30-27-,35-33-,38-37-,39-34-,47-45-. The van der Waals surface area contributed by atoms with Gasteiger partial charge in [0, 0.05) is 19.3 Å². The third kappa shape index (κ3) is 74.4. The highest BCUT2D eigenvalue weighted by molar-refractivity contribution is 7.47. The molecule has 0 aromatic rings. The minimum Gasteiger partial charge on any atom is -0.463 e. The van der Waals surface area contributed by atoms with Gasteiger partial charge in [0.25, 0.3) is 0 Å². The molecule has 18 heteroatoms. The zero-order valence-corrected chi connectivity index (χ0v) is 63.4. The number of aliphatic hydroxyl groups is 2. The van der Waals surface area contributed by atoms with Crippen LogP contribution in [-0.4, -0.2) is 95.9 Å². The van der Waals surface area contributed by atoms with Crippen molar-refractivity contribution < 1.29 is 75.8 Å². The van der Waals surface area contributed by atoms with Gasteiger partial charge < -0.3 is 34.2 Å². The van der Waals surface area contributed by atoms with Crippen LogP contribution in [0.2, 0.25) is 0 Å². The van der Waals surface area contributed by atoms with Crippen molar-refractivity contribution in [2.45, 2.75) is 309 Å². The van der Waals surface area contributed by atoms with Crippen LogP contribution < -0.4 is 0 Å². The summed E-state index contributed by atoms with van der Waals surface area (Å²) in [6.45, 7) is 2.38. The maximum atomic E-state index is 13.0. The first-order valence-corrected chi connectivity index (χ1v) is 41.1. The number of rotatable bonds is 71. The monoisotopic (exact) mass is 1430 g/mol. The number of carbonyl (C=O) groups is 3. The smallest absolute Gasteiger partial charge is 0.463 e. The van der Waals surface area contributed by atoms with Crippen LogP contribution in [0.5, 0.6) is 0 Å². The molecule has 0 saturated heterocycles. The second kappa shape index (κ2) is 73.2. The minimum atomic E-state index is -4.94. The van der Waals surface area contributed by atoms with Crippen LogP contribution in [0.4, 0.5) is 0 Å². The SMILES string of the molecule is CC/C=C\C/C=C\C/C=C\C/C=C\C/C=C\CCCCCCCCCCCC(=O)OCC(O)COP(=O)(O)OCC(O)COP(=O)(O)OCC(COC(=O)CCCCCCC/C=C\C/C=C\C/C=C\C/C=C\CCCCC)OC(=O)CCCCCCCCC/C=C\C/C=C\C/C=C\CC. The van der Waals surface area contributed by atoms with Crippen LogP contribution in [0.25, 0.3) is 0 Å². The lowest BCUT2D eigenvalue weighted by atomic mass is 10.1. The molecule has 4 N–H and O–H groups in total. The average Bonchev–Trinajstić information content (AvgIpc) is 2.07. The van der Waals surface area contributed by atoms with E-state index in [4.69, 9.17) is 32.3 Å². The molecule has 0 aliphatic carbocycles. The molecule has 0 radical (unpaired) electrons. The van der Waals surface area contributed by atoms with E-state index < -0.39 is 91.5 Å². The Morgan fingerprint density at radius 3 is 0.848 bits per heavy atom. The molecule has 0 aliphatic rings. The van der Waals surface area contributed by atoms with Crippen molar-refractivity contribution in [2.24, 2.45) is 0 Å². The molecule has 0 amide bonds. The summed E-state index contributed by atoms with van der Waals surface area (Å²) in [6.07, 6.45) is 88.8. The Morgan fingerprint density at radius 2 is 0.535 bits per heavy atom. The Labute approximate surface area is 600 Å². The van der Waals surface area contributed by atoms with Crippen molar-refractivity contribution in [3.63, 3.8) is 0 Å². The van der Waals surface area contributed by atoms with Crippen molar-refractivity contribution in [1.82, 2.24) is 0 Å². The number of allylic oxidation sites excluding steroid dienone is 24. The number of ether oxygens (including phenoxy) is 3. The molecule has 99 heavy (non-hydrogen) atoms. The van der Waals surface area contributed by atoms with Gasteiger partial charge in [0.05, 0.1) is 26.4 Å². The van der Waals surface area contributed by atoms with Crippen LogP contribution in [0.15, 0.2) is 146 Å². The van der Waals surface area contributed by atoms with Gasteiger partial charge in [-0.25, -0.2) is 9.13 Å². The number of esters is 3. The minimum absolute atomic E-state index is 0.0847. The van der Waals surface area contributed by atoms with E-state index in [1.165, 1.54) is 51.4 Å². The molecular weight excluding hydrogens is 1290 g/mol. The molecule has 0 aromatic heterocycles. The number of hydrogen-bond donors (Lipinski definition) is 4. The van der Waals surface area contributed by atoms with E-state index in [2.05, 4.69) is 167 Å². The second-order valence-corrected chi connectivity index (χ2v) is 27.9. The van der Waals surface area contributed by atoms with Gasteiger partial charge in [-0.15, -0.1) is 0 Å². The summed E-state index contributed by atoms with van der Waals surface area (Å²) in [5.74, 6) is -1.62. The summed E-state index contributed by atoms with van der Waals surface area (Å²) in [5.41, 5.74) is 0. The van der Waals surface area contributed by atoms with Gasteiger partial charge in [0.1, 0.15) is 25.4 Å². The molecule has 0 bridgehead atoms. The Bertz CT molecular complexity index is 2380. The van der Waals surface area contributed by atoms with Crippen LogP contribution in [0, 0.1) is 0 Å². The lowest BCUT2D eigenvalue weighted by Gasteiger charge is -2.21. The lowest BCUT2D eigenvalue weighted by molar-refractivity contribution is -0.161. The van der Waals surface area contributed by atoms with Crippen LogP contribution >= 0.6 is 15.6 Å². The van der Waals surface area contributed by atoms with Crippen molar-refractivity contribution in [2.75, 3.05) is 39.6 Å². The second-order valence-electron chi connectivity index (χ2n) is 25.0. The zero-order valence-electron chi connectivity index (χ0n) is 61.6. The molecule has 0 heterocycles. The van der Waals surface area contributed by atoms with E-state index in [9.17, 15) is 43.5 Å². The highest BCUT2D eigenvalue weighted by atomic mass is 31.2. The first-order chi connectivity index (χ1) is 48.2. The average molecular weight is 1430 g/mol. The Morgan fingerprint density at radius 1 is 0.293 bits per heavy atom. The Kier molecular flexibility index (Phi) is 69.8. The number of carbonyl (C=O) groups excluding carboxylic acids is 3. The first-order valence-electron chi connectivity index (χ1n) is 38.1. The predicted octanol–water partition coefficient (Wildman–Crippen LogP) is 22.1. The zero-order chi connectivity index (χ0) is 72.3. The van der Waals surface area contributed by atoms with Crippen LogP contribution in [-0.2, 0) is 55.8 Å². The lowest BCUT2D eigenvalue weighted by Crippen LogP contribution is -2.30. The first kappa shape index (κ1) is 94.4. The largest absolute Gasteiger partial charge is 0.472 e. The summed E-state index contributed by atoms with van der Waals surface area (Å²) < 4.78 is 61.1. The number of hydrogen-bond acceptors (Lipinski definition) is 14. The number of aliphatic hydroxyl groups excluding tert-OH is 2. The van der Waals surface area contributed by atoms with Gasteiger partial charge in [0.15, 0.2) is 6.10 Å². The summed E-state index contributed by atoms with van der Waals surface area (Å²) in [6, 6.07) is 0. The number of unbranched alkanes of at least 4 members (excludes halogenated alkanes) is 24. The number of phosphoric acid groups is 2. The molecule has 5 unspecified atom stereocenters. The molecule has 16 nitrogen and oxygen atoms in total. The fraction of sp³-hybridized carbons (Fsp3) is 0.667.